The van der Waals surface area contributed by atoms with Gasteiger partial charge in [0.2, 0.25) is 0 Å². The Bertz CT molecular complexity index is 11.6. The second-order valence-electron chi connectivity index (χ2n) is 0. The quantitative estimate of drug-likeness (QED) is 0.359. The number of rotatable bonds is 0. The molecule has 0 unspecified atom stereocenters. The van der Waals surface area contributed by atoms with Crippen molar-refractivity contribution < 1.29 is 23.7 Å². The summed E-state index contributed by atoms with van der Waals surface area (Å²) in [4.78, 5) is 0. The molecule has 0 bridgehead atoms. The minimum atomic E-state index is 0. The van der Waals surface area contributed by atoms with Gasteiger partial charge in [-0.15, -0.1) is 0 Å². The first-order valence-corrected chi connectivity index (χ1v) is 0.842. The fraction of sp³-hybridized carbons (Fsp3) is 0. The molecule has 0 saturated carbocycles. The van der Waals surface area contributed by atoms with E-state index in [-0.39, 0.29) is 126 Å². The minimum absolute atomic E-state index is 0. The first kappa shape index (κ1) is 22.6. The molecule has 0 aromatic carbocycles. The standard InChI is InChI=1S/Ba.Bi.K.O.Ti.6H. The second kappa shape index (κ2) is 23.5. The van der Waals surface area contributed by atoms with Crippen LogP contribution in [0.1, 0.15) is 0 Å². The molecule has 0 rings (SSSR count). The van der Waals surface area contributed by atoms with E-state index >= 15 is 0 Å². The molecule has 0 aromatic heterocycles. The summed E-state index contributed by atoms with van der Waals surface area (Å²) in [6.07, 6.45) is 0. The Balaban J connectivity index is -0.00000000167. The third-order valence-electron chi connectivity index (χ3n) is 0. The molecule has 0 saturated heterocycles. The van der Waals surface area contributed by atoms with Crippen molar-refractivity contribution in [2.45, 2.75) is 0 Å². The van der Waals surface area contributed by atoms with Crippen molar-refractivity contribution in [3.05, 3.63) is 0 Å². The van der Waals surface area contributed by atoms with Crippen molar-refractivity contribution >= 4 is 126 Å². The van der Waals surface area contributed by atoms with Gasteiger partial charge in [0.1, 0.15) is 0 Å². The zero-order valence-electron chi connectivity index (χ0n) is 1.62. The molecule has 0 heterocycles. The van der Waals surface area contributed by atoms with Crippen molar-refractivity contribution in [1.82, 2.24) is 0 Å². The molecule has 0 aliphatic carbocycles. The van der Waals surface area contributed by atoms with Crippen LogP contribution in [0.4, 0.5) is 0 Å². The fourth-order valence-electron chi connectivity index (χ4n) is 0. The van der Waals surface area contributed by atoms with Crippen molar-refractivity contribution in [2.75, 3.05) is 0 Å². The normalized spacial score (nSPS) is 0.600. The molecule has 0 spiro atoms. The topological polar surface area (TPSA) is 17.1 Å². The first-order valence-electron chi connectivity index (χ1n) is 0.204. The van der Waals surface area contributed by atoms with Crippen LogP contribution in [0.25, 0.3) is 0 Å². The maximum absolute atomic E-state index is 8.25. The summed E-state index contributed by atoms with van der Waals surface area (Å²) in [6.45, 7) is 0. The average Bonchev–Trinajstić information content (AvgIpc) is 1.00. The van der Waals surface area contributed by atoms with Crippen LogP contribution < -0.4 is 0 Å². The Hall–Kier alpha value is 4.61. The van der Waals surface area contributed by atoms with Crippen LogP contribution in [0, 0.1) is 0 Å². The van der Waals surface area contributed by atoms with Crippen LogP contribution in [0.2, 0.25) is 0 Å². The Morgan fingerprint density at radius 3 is 1.20 bits per heavy atom. The predicted molar refractivity (Wildman–Crippen MR) is 26.3 cm³/mol. The molecule has 24 valence electrons. The van der Waals surface area contributed by atoms with Crippen molar-refractivity contribution in [1.29, 1.82) is 0 Å². The molecular formula is H6BaBiKOTi. The van der Waals surface area contributed by atoms with Gasteiger partial charge in [0.05, 0.1) is 0 Å². The van der Waals surface area contributed by atoms with Gasteiger partial charge in [-0.2, -0.15) is 0 Å². The van der Waals surface area contributed by atoms with Crippen LogP contribution in [-0.4, -0.2) is 126 Å². The van der Waals surface area contributed by atoms with Gasteiger partial charge in [0.25, 0.3) is 0 Å². The summed E-state index contributed by atoms with van der Waals surface area (Å²) in [5, 5.41) is 0. The van der Waals surface area contributed by atoms with Crippen LogP contribution in [0.5, 0.6) is 0 Å². The van der Waals surface area contributed by atoms with Crippen LogP contribution in [0.3, 0.4) is 0 Å². The van der Waals surface area contributed by atoms with E-state index in [2.05, 4.69) is 0 Å². The van der Waals surface area contributed by atoms with Gasteiger partial charge >= 0.3 is 150 Å². The summed E-state index contributed by atoms with van der Waals surface area (Å²) in [5.74, 6) is 0. The molecule has 0 fully saturated rings. The van der Waals surface area contributed by atoms with Crippen molar-refractivity contribution in [3.63, 3.8) is 0 Å². The molecule has 0 atom stereocenters. The summed E-state index contributed by atoms with van der Waals surface area (Å²) in [7, 11) is 0. The molecule has 5 heteroatoms. The van der Waals surface area contributed by atoms with E-state index < -0.39 is 0 Å². The summed E-state index contributed by atoms with van der Waals surface area (Å²) < 4.78 is 8.25. The van der Waals surface area contributed by atoms with E-state index in [1.54, 1.807) is 0 Å². The SMILES string of the molecule is [BaH2].[BiH3].[KH].[O]=[Ti]. The Morgan fingerprint density at radius 1 is 1.20 bits per heavy atom. The van der Waals surface area contributed by atoms with E-state index in [1.165, 1.54) is 0 Å². The summed E-state index contributed by atoms with van der Waals surface area (Å²) in [6, 6.07) is 0. The van der Waals surface area contributed by atoms with Gasteiger partial charge in [-0.25, -0.2) is 0 Å². The van der Waals surface area contributed by atoms with Gasteiger partial charge in [-0.3, -0.25) is 0 Å². The molecular weight excluding hydrogens is 449 g/mol. The van der Waals surface area contributed by atoms with E-state index in [4.69, 9.17) is 3.32 Å². The second-order valence-corrected chi connectivity index (χ2v) is 0. The molecule has 5 heavy (non-hydrogen) atoms. The predicted octanol–water partition coefficient (Wildman–Crippen LogP) is -2.87. The van der Waals surface area contributed by atoms with Gasteiger partial charge in [0, 0.05) is 0 Å². The molecule has 0 N–H and O–H groups in total. The number of hydrogen-bond acceptors (Lipinski definition) is 1. The molecule has 0 aliphatic rings. The van der Waals surface area contributed by atoms with E-state index in [0.29, 0.717) is 0 Å². The van der Waals surface area contributed by atoms with Gasteiger partial charge in [-0.05, 0) is 0 Å². The van der Waals surface area contributed by atoms with Gasteiger partial charge in [-0.1, -0.05) is 0 Å². The van der Waals surface area contributed by atoms with Crippen LogP contribution in [0.15, 0.2) is 0 Å². The van der Waals surface area contributed by atoms with Crippen molar-refractivity contribution in [3.8, 4) is 0 Å². The molecule has 0 amide bonds. The molecule has 0 radical (unpaired) electrons. The third kappa shape index (κ3) is 17.7. The third-order valence-corrected chi connectivity index (χ3v) is 0. The summed E-state index contributed by atoms with van der Waals surface area (Å²) in [5.41, 5.74) is 0. The average molecular weight is 455 g/mol. The Labute approximate surface area is 145 Å². The van der Waals surface area contributed by atoms with Gasteiger partial charge < -0.3 is 0 Å². The fourth-order valence-corrected chi connectivity index (χ4v) is 0. The molecule has 0 aliphatic heterocycles. The van der Waals surface area contributed by atoms with E-state index in [0.717, 1.165) is 20.4 Å². The zero-order valence-corrected chi connectivity index (χ0v) is 8.67. The maximum atomic E-state index is 8.25. The number of hydrogen-bond donors (Lipinski definition) is 0. The van der Waals surface area contributed by atoms with Gasteiger partial charge in [0.15, 0.2) is 0 Å². The molecule has 0 aromatic rings. The van der Waals surface area contributed by atoms with Crippen LogP contribution >= 0.6 is 0 Å². The monoisotopic (exact) mass is 456 g/mol. The zero-order chi connectivity index (χ0) is 2.00. The van der Waals surface area contributed by atoms with E-state index in [9.17, 15) is 0 Å². The first-order chi connectivity index (χ1) is 1.00. The molecule has 1 nitrogen and oxygen atoms in total. The van der Waals surface area contributed by atoms with Crippen molar-refractivity contribution in [2.24, 2.45) is 0 Å². The van der Waals surface area contributed by atoms with Crippen LogP contribution in [-0.2, 0) is 23.7 Å². The van der Waals surface area contributed by atoms with E-state index in [1.807, 2.05) is 0 Å². The Kier molecular flexibility index (Phi) is 106. The Morgan fingerprint density at radius 2 is 1.20 bits per heavy atom. The summed E-state index contributed by atoms with van der Waals surface area (Å²) >= 11 is 0.750.